The molecule has 200 valence electrons. The van der Waals surface area contributed by atoms with Crippen LogP contribution >= 0.6 is 56.9 Å². The highest BCUT2D eigenvalue weighted by Crippen LogP contribution is 2.60. The zero-order valence-electron chi connectivity index (χ0n) is 15.7. The number of phosphoric ester groups is 1. The minimum atomic E-state index is -6.10. The highest BCUT2D eigenvalue weighted by Gasteiger charge is 2.65. The van der Waals surface area contributed by atoms with Crippen LogP contribution in [0.3, 0.4) is 0 Å². The Balaban J connectivity index is 3.80. The monoisotopic (exact) mass is 650 g/mol. The molecule has 12 atom stereocenters. The summed E-state index contributed by atoms with van der Waals surface area (Å²) >= 11 is 0. The maximum absolute atomic E-state index is 12.0. The second kappa shape index (κ2) is 13.9. The van der Waals surface area contributed by atoms with Crippen LogP contribution in [0.4, 0.5) is 0 Å². The summed E-state index contributed by atoms with van der Waals surface area (Å²) in [4.78, 5) is 82.8. The van der Waals surface area contributed by atoms with Crippen LogP contribution in [-0.2, 0) is 63.4 Å². The van der Waals surface area contributed by atoms with Gasteiger partial charge in [-0.15, -0.1) is 22.6 Å². The van der Waals surface area contributed by atoms with Crippen LogP contribution in [0.1, 0.15) is 0 Å². The highest BCUT2D eigenvalue weighted by atomic mass is 31.3. The van der Waals surface area contributed by atoms with Crippen molar-refractivity contribution in [3.05, 3.63) is 0 Å². The minimum absolute atomic E-state index is 2.63. The molecule has 1 fully saturated rings. The Morgan fingerprint density at radius 2 is 0.743 bits per heavy atom. The second-order valence-corrected chi connectivity index (χ2v) is 11.7. The van der Waals surface area contributed by atoms with E-state index in [1.54, 1.807) is 0 Å². The Morgan fingerprint density at radius 3 is 0.943 bits per heavy atom. The van der Waals surface area contributed by atoms with Gasteiger partial charge in [-0.2, -0.15) is 4.31 Å². The summed E-state index contributed by atoms with van der Waals surface area (Å²) in [5, 5.41) is 0. The molecule has 1 rings (SSSR count). The fourth-order valence-electron chi connectivity index (χ4n) is 2.65. The zero-order valence-corrected chi connectivity index (χ0v) is 22.0. The summed E-state index contributed by atoms with van der Waals surface area (Å²) in [6, 6.07) is 0. The molecule has 22 nitrogen and oxygen atoms in total. The molecule has 1 saturated carbocycles. The molecule has 0 amide bonds. The molecule has 35 heavy (non-hydrogen) atoms. The smallest absolute Gasteiger partial charge is 0.488 e. The van der Waals surface area contributed by atoms with Gasteiger partial charge in [0.05, 0.1) is 0 Å². The lowest BCUT2D eigenvalue weighted by molar-refractivity contribution is -0.259. The van der Waals surface area contributed by atoms with Crippen molar-refractivity contribution in [1.29, 1.82) is 0 Å². The van der Waals surface area contributed by atoms with Crippen molar-refractivity contribution in [2.75, 3.05) is 0 Å². The SMILES string of the molecule is O=[P+]([O-])OC1[C@@H](O[P+](=O)[O-])[C@H](O[P+](=O)[O-])C(OP(=O)(O)OP(=O)(O)O)[C@H](O[P+](=O)[O-])[C@H]1O[P+](=O)[O-]. The lowest BCUT2D eigenvalue weighted by atomic mass is 9.85. The van der Waals surface area contributed by atoms with E-state index in [-0.39, 0.29) is 0 Å². The number of phosphoric acid groups is 2. The largest absolute Gasteiger partial charge is 0.566 e. The first-order valence-corrected chi connectivity index (χ1v) is 16.2. The van der Waals surface area contributed by atoms with Gasteiger partial charge in [0, 0.05) is 0 Å². The summed E-state index contributed by atoms with van der Waals surface area (Å²) in [5.74, 6) is 0. The third-order valence-corrected chi connectivity index (χ3v) is 7.71. The van der Waals surface area contributed by atoms with Crippen LogP contribution < -0.4 is 24.5 Å². The van der Waals surface area contributed by atoms with Crippen molar-refractivity contribution in [1.82, 2.24) is 0 Å². The lowest BCUT2D eigenvalue weighted by Gasteiger charge is -2.40. The van der Waals surface area contributed by atoms with Crippen molar-refractivity contribution in [3.8, 4) is 0 Å². The molecule has 0 bridgehead atoms. The predicted molar refractivity (Wildman–Crippen MR) is 90.2 cm³/mol. The van der Waals surface area contributed by atoms with Crippen LogP contribution in [0.15, 0.2) is 0 Å². The second-order valence-electron chi connectivity index (χ2n) is 5.58. The zero-order chi connectivity index (χ0) is 27.3. The molecule has 0 saturated heterocycles. The third-order valence-electron chi connectivity index (χ3n) is 3.45. The fraction of sp³-hybridized carbons (Fsp3) is 1.00. The summed E-state index contributed by atoms with van der Waals surface area (Å²) in [6.45, 7) is 0. The molecular weight excluding hydrogens is 641 g/mol. The van der Waals surface area contributed by atoms with Crippen LogP contribution in [0.2, 0.25) is 0 Å². The van der Waals surface area contributed by atoms with Gasteiger partial charge in [-0.05, 0) is 22.8 Å². The molecule has 0 heterocycles. The van der Waals surface area contributed by atoms with Crippen molar-refractivity contribution in [2.45, 2.75) is 36.6 Å². The average molecular weight is 650 g/mol. The molecule has 8 unspecified atom stereocenters. The van der Waals surface area contributed by atoms with Crippen LogP contribution in [-0.4, -0.2) is 51.3 Å². The maximum Gasteiger partial charge on any atom is 0.488 e. The maximum atomic E-state index is 12.0. The van der Waals surface area contributed by atoms with E-state index in [1.807, 2.05) is 0 Å². The van der Waals surface area contributed by atoms with E-state index in [0.717, 1.165) is 0 Å². The molecule has 1 aliphatic carbocycles. The standard InChI is InChI=1S/C6H9O22P7/c7-29(8)22-1-2(23-30(9)10)4(25-32(13)14)6(27-35(20,21)28-34(17,18)19)5(26-33(15)16)3(1)24-31(11)12/h1-6H,(H,20,21)(H2,17,18,19)/t1?,2-,3+,4+,5-,6?. The first-order valence-electron chi connectivity index (χ1n) is 7.67. The molecule has 3 N–H and O–H groups in total. The van der Waals surface area contributed by atoms with Crippen LogP contribution in [0, 0.1) is 0 Å². The lowest BCUT2D eigenvalue weighted by Crippen LogP contribution is -2.66. The molecule has 0 aliphatic heterocycles. The fourth-order valence-corrected chi connectivity index (χ4v) is 6.62. The first kappa shape index (κ1) is 33.4. The summed E-state index contributed by atoms with van der Waals surface area (Å²) < 4.78 is 108. The van der Waals surface area contributed by atoms with E-state index in [4.69, 9.17) is 9.79 Å². The van der Waals surface area contributed by atoms with Gasteiger partial charge >= 0.3 is 56.9 Å². The van der Waals surface area contributed by atoms with Gasteiger partial charge in [0.25, 0.3) is 0 Å². The van der Waals surface area contributed by atoms with Crippen molar-refractivity contribution < 1.29 is 103 Å². The van der Waals surface area contributed by atoms with Gasteiger partial charge in [-0.25, -0.2) is 9.13 Å². The first-order chi connectivity index (χ1) is 15.8. The normalized spacial score (nSPS) is 31.3. The van der Waals surface area contributed by atoms with E-state index < -0.39 is 93.5 Å². The molecule has 0 radical (unpaired) electrons. The van der Waals surface area contributed by atoms with Gasteiger partial charge < -0.3 is 39.1 Å². The Morgan fingerprint density at radius 1 is 0.514 bits per heavy atom. The van der Waals surface area contributed by atoms with Crippen molar-refractivity contribution in [2.24, 2.45) is 0 Å². The summed E-state index contributed by atoms with van der Waals surface area (Å²) in [7, 11) is -32.7. The Bertz CT molecular complexity index is 899. The quantitative estimate of drug-likeness (QED) is 0.154. The van der Waals surface area contributed by atoms with Crippen LogP contribution in [0.5, 0.6) is 0 Å². The Kier molecular flexibility index (Phi) is 13.3. The van der Waals surface area contributed by atoms with Gasteiger partial charge in [0.2, 0.25) is 0 Å². The topological polar surface area (TPSA) is 360 Å². The van der Waals surface area contributed by atoms with Gasteiger partial charge in [0.15, 0.2) is 30.5 Å². The molecule has 1 aliphatic rings. The molecular formula is C6H9O22P7. The van der Waals surface area contributed by atoms with Gasteiger partial charge in [-0.1, -0.05) is 0 Å². The molecule has 0 aromatic carbocycles. The third kappa shape index (κ3) is 11.7. The molecule has 0 aromatic rings. The highest BCUT2D eigenvalue weighted by molar-refractivity contribution is 7.60. The summed E-state index contributed by atoms with van der Waals surface area (Å²) in [5.41, 5.74) is 0. The van der Waals surface area contributed by atoms with Gasteiger partial charge in [0.1, 0.15) is 6.10 Å². The van der Waals surface area contributed by atoms with Crippen molar-refractivity contribution in [3.63, 3.8) is 0 Å². The number of hydrogen-bond acceptors (Lipinski definition) is 19. The van der Waals surface area contributed by atoms with E-state index in [0.29, 0.717) is 0 Å². The predicted octanol–water partition coefficient (Wildman–Crippen LogP) is -3.39. The Hall–Kier alpha value is 0.360. The number of hydrogen-bond donors (Lipinski definition) is 3. The van der Waals surface area contributed by atoms with Crippen LogP contribution in [0.25, 0.3) is 0 Å². The summed E-state index contributed by atoms with van der Waals surface area (Å²) in [6.07, 6.45) is -16.4. The van der Waals surface area contributed by atoms with E-state index in [2.05, 4.69) is 31.5 Å². The van der Waals surface area contributed by atoms with E-state index >= 15 is 0 Å². The average Bonchev–Trinajstić information content (AvgIpc) is 2.60. The van der Waals surface area contributed by atoms with Gasteiger partial charge in [-0.3, -0.25) is 4.52 Å². The number of rotatable bonds is 14. The minimum Gasteiger partial charge on any atom is -0.566 e. The van der Waals surface area contributed by atoms with E-state index in [9.17, 15) is 61.3 Å². The molecule has 0 aromatic heterocycles. The van der Waals surface area contributed by atoms with Crippen molar-refractivity contribution >= 4 is 56.9 Å². The molecule has 0 spiro atoms. The Labute approximate surface area is 196 Å². The van der Waals surface area contributed by atoms with E-state index in [1.165, 1.54) is 0 Å². The molecule has 29 heteroatoms.